The van der Waals surface area contributed by atoms with Crippen LogP contribution in [0.5, 0.6) is 0 Å². The Labute approximate surface area is 171 Å². The van der Waals surface area contributed by atoms with Crippen molar-refractivity contribution in [3.05, 3.63) is 89.7 Å². The van der Waals surface area contributed by atoms with E-state index in [9.17, 15) is 26.4 Å². The van der Waals surface area contributed by atoms with Crippen LogP contribution in [-0.4, -0.2) is 20.9 Å². The number of hydrogen-bond acceptors (Lipinski definition) is 3. The molecule has 3 aromatic rings. The SMILES string of the molecule is Cc1ccc(N(CC(=O)Nc2ccc(F)cc2F)S(=O)(=O)c2ccc(F)cc2)cc1. The number of carbonyl (C=O) groups is 1. The maximum Gasteiger partial charge on any atom is 0.264 e. The summed E-state index contributed by atoms with van der Waals surface area (Å²) in [5.74, 6) is -3.26. The zero-order valence-corrected chi connectivity index (χ0v) is 16.6. The monoisotopic (exact) mass is 434 g/mol. The summed E-state index contributed by atoms with van der Waals surface area (Å²) in [7, 11) is -4.24. The van der Waals surface area contributed by atoms with Crippen LogP contribution in [0.4, 0.5) is 24.5 Å². The van der Waals surface area contributed by atoms with Gasteiger partial charge in [-0.1, -0.05) is 17.7 Å². The molecule has 0 spiro atoms. The number of sulfonamides is 1. The van der Waals surface area contributed by atoms with Gasteiger partial charge in [0.1, 0.15) is 24.0 Å². The van der Waals surface area contributed by atoms with Crippen LogP contribution in [-0.2, 0) is 14.8 Å². The van der Waals surface area contributed by atoms with Gasteiger partial charge < -0.3 is 5.32 Å². The topological polar surface area (TPSA) is 66.5 Å². The Hall–Kier alpha value is -3.33. The fraction of sp³-hybridized carbons (Fsp3) is 0.0952. The first-order valence-corrected chi connectivity index (χ1v) is 10.2. The summed E-state index contributed by atoms with van der Waals surface area (Å²) in [6.07, 6.45) is 0. The van der Waals surface area contributed by atoms with Crippen LogP contribution in [0.2, 0.25) is 0 Å². The molecule has 0 aliphatic heterocycles. The Morgan fingerprint density at radius 2 is 1.50 bits per heavy atom. The molecule has 0 saturated carbocycles. The molecule has 3 rings (SSSR count). The van der Waals surface area contributed by atoms with E-state index < -0.39 is 39.9 Å². The lowest BCUT2D eigenvalue weighted by molar-refractivity contribution is -0.114. The molecular formula is C21H17F3N2O3S. The van der Waals surface area contributed by atoms with Crippen molar-refractivity contribution in [2.75, 3.05) is 16.2 Å². The molecule has 30 heavy (non-hydrogen) atoms. The number of rotatable bonds is 6. The summed E-state index contributed by atoms with van der Waals surface area (Å²) in [5.41, 5.74) is 0.778. The van der Waals surface area contributed by atoms with Crippen LogP contribution in [0.25, 0.3) is 0 Å². The average molecular weight is 434 g/mol. The second-order valence-corrected chi connectivity index (χ2v) is 8.34. The predicted molar refractivity (Wildman–Crippen MR) is 107 cm³/mol. The molecule has 0 bridgehead atoms. The second kappa shape index (κ2) is 8.58. The largest absolute Gasteiger partial charge is 0.322 e. The number of hydrogen-bond donors (Lipinski definition) is 1. The van der Waals surface area contributed by atoms with Crippen LogP contribution >= 0.6 is 0 Å². The average Bonchev–Trinajstić information content (AvgIpc) is 2.69. The maximum atomic E-state index is 13.8. The molecule has 0 aromatic heterocycles. The van der Waals surface area contributed by atoms with Gasteiger partial charge in [0, 0.05) is 6.07 Å². The van der Waals surface area contributed by atoms with Gasteiger partial charge in [-0.05, 0) is 55.5 Å². The van der Waals surface area contributed by atoms with Crippen molar-refractivity contribution in [3.63, 3.8) is 0 Å². The van der Waals surface area contributed by atoms with Crippen LogP contribution in [0.1, 0.15) is 5.56 Å². The van der Waals surface area contributed by atoms with E-state index in [2.05, 4.69) is 5.32 Å². The predicted octanol–water partition coefficient (Wildman–Crippen LogP) is 4.25. The number of halogens is 3. The third-order valence-electron chi connectivity index (χ3n) is 4.22. The van der Waals surface area contributed by atoms with E-state index in [0.29, 0.717) is 6.07 Å². The Morgan fingerprint density at radius 3 is 2.10 bits per heavy atom. The first-order valence-electron chi connectivity index (χ1n) is 8.77. The van der Waals surface area contributed by atoms with E-state index in [1.165, 1.54) is 12.1 Å². The number of carbonyl (C=O) groups excluding carboxylic acids is 1. The van der Waals surface area contributed by atoms with Crippen LogP contribution in [0.15, 0.2) is 71.6 Å². The fourth-order valence-corrected chi connectivity index (χ4v) is 4.09. The van der Waals surface area contributed by atoms with Gasteiger partial charge in [-0.3, -0.25) is 9.10 Å². The molecule has 1 amide bonds. The second-order valence-electron chi connectivity index (χ2n) is 6.47. The summed E-state index contributed by atoms with van der Waals surface area (Å²) in [6.45, 7) is 1.13. The smallest absolute Gasteiger partial charge is 0.264 e. The minimum atomic E-state index is -4.24. The quantitative estimate of drug-likeness (QED) is 0.631. The highest BCUT2D eigenvalue weighted by molar-refractivity contribution is 7.92. The van der Waals surface area contributed by atoms with Crippen LogP contribution in [0, 0.1) is 24.4 Å². The van der Waals surface area contributed by atoms with Crippen LogP contribution < -0.4 is 9.62 Å². The van der Waals surface area contributed by atoms with Gasteiger partial charge in [0.15, 0.2) is 0 Å². The highest BCUT2D eigenvalue weighted by Crippen LogP contribution is 2.25. The summed E-state index contributed by atoms with van der Waals surface area (Å²) in [5, 5.41) is 2.23. The van der Waals surface area contributed by atoms with E-state index in [1.54, 1.807) is 12.1 Å². The molecule has 156 valence electrons. The molecule has 3 aromatic carbocycles. The number of anilines is 2. The van der Waals surface area contributed by atoms with Crippen molar-refractivity contribution in [2.45, 2.75) is 11.8 Å². The molecule has 0 radical (unpaired) electrons. The third-order valence-corrected chi connectivity index (χ3v) is 6.00. The molecule has 0 saturated heterocycles. The molecular weight excluding hydrogens is 417 g/mol. The third kappa shape index (κ3) is 4.80. The van der Waals surface area contributed by atoms with Crippen molar-refractivity contribution in [1.82, 2.24) is 0 Å². The van der Waals surface area contributed by atoms with Crippen LogP contribution in [0.3, 0.4) is 0 Å². The van der Waals surface area contributed by atoms with E-state index in [1.807, 2.05) is 6.92 Å². The lowest BCUT2D eigenvalue weighted by Crippen LogP contribution is -2.38. The Kier molecular flexibility index (Phi) is 6.12. The molecule has 5 nitrogen and oxygen atoms in total. The molecule has 0 atom stereocenters. The normalized spacial score (nSPS) is 11.2. The highest BCUT2D eigenvalue weighted by Gasteiger charge is 2.27. The molecule has 9 heteroatoms. The van der Waals surface area contributed by atoms with Gasteiger partial charge in [0.25, 0.3) is 10.0 Å². The van der Waals surface area contributed by atoms with Crippen molar-refractivity contribution in [1.29, 1.82) is 0 Å². The number of aryl methyl sites for hydroxylation is 1. The standard InChI is InChI=1S/C21H17F3N2O3S/c1-14-2-7-17(8-3-14)26(30(28,29)18-9-4-15(22)5-10-18)13-21(27)25-20-11-6-16(23)12-19(20)24/h2-12H,13H2,1H3,(H,25,27). The molecule has 1 N–H and O–H groups in total. The summed E-state index contributed by atoms with van der Waals surface area (Å²) < 4.78 is 67.2. The first kappa shape index (κ1) is 21.4. The molecule has 0 aliphatic carbocycles. The van der Waals surface area contributed by atoms with Gasteiger partial charge in [-0.25, -0.2) is 21.6 Å². The van der Waals surface area contributed by atoms with Crippen molar-refractivity contribution < 1.29 is 26.4 Å². The van der Waals surface area contributed by atoms with E-state index in [4.69, 9.17) is 0 Å². The first-order chi connectivity index (χ1) is 14.2. The van der Waals surface area contributed by atoms with Gasteiger partial charge >= 0.3 is 0 Å². The zero-order valence-electron chi connectivity index (χ0n) is 15.8. The highest BCUT2D eigenvalue weighted by atomic mass is 32.2. The number of nitrogens with zero attached hydrogens (tertiary/aromatic N) is 1. The summed E-state index contributed by atoms with van der Waals surface area (Å²) >= 11 is 0. The van der Waals surface area contributed by atoms with E-state index in [0.717, 1.165) is 46.3 Å². The maximum absolute atomic E-state index is 13.8. The zero-order chi connectivity index (χ0) is 21.9. The van der Waals surface area contributed by atoms with Gasteiger partial charge in [0.2, 0.25) is 5.91 Å². The van der Waals surface area contributed by atoms with Crippen molar-refractivity contribution in [2.24, 2.45) is 0 Å². The Bertz CT molecular complexity index is 1170. The number of benzene rings is 3. The van der Waals surface area contributed by atoms with Gasteiger partial charge in [0.05, 0.1) is 16.3 Å². The lowest BCUT2D eigenvalue weighted by Gasteiger charge is -2.24. The Morgan fingerprint density at radius 1 is 0.900 bits per heavy atom. The fourth-order valence-electron chi connectivity index (χ4n) is 2.67. The molecule has 0 aliphatic rings. The molecule has 0 fully saturated rings. The van der Waals surface area contributed by atoms with E-state index >= 15 is 0 Å². The van der Waals surface area contributed by atoms with E-state index in [-0.39, 0.29) is 16.3 Å². The number of amides is 1. The molecule has 0 unspecified atom stereocenters. The Balaban J connectivity index is 1.94. The minimum absolute atomic E-state index is 0.194. The van der Waals surface area contributed by atoms with Gasteiger partial charge in [-0.15, -0.1) is 0 Å². The lowest BCUT2D eigenvalue weighted by atomic mass is 10.2. The van der Waals surface area contributed by atoms with Crippen molar-refractivity contribution in [3.8, 4) is 0 Å². The summed E-state index contributed by atoms with van der Waals surface area (Å²) in [6, 6.07) is 13.1. The van der Waals surface area contributed by atoms with Crippen molar-refractivity contribution >= 4 is 27.3 Å². The summed E-state index contributed by atoms with van der Waals surface area (Å²) in [4.78, 5) is 12.3. The number of nitrogens with one attached hydrogen (secondary N) is 1. The van der Waals surface area contributed by atoms with Gasteiger partial charge in [-0.2, -0.15) is 0 Å². The minimum Gasteiger partial charge on any atom is -0.322 e. The molecule has 0 heterocycles.